The van der Waals surface area contributed by atoms with Gasteiger partial charge < -0.3 is 5.32 Å². The molecule has 0 aliphatic rings. The van der Waals surface area contributed by atoms with Crippen LogP contribution in [0, 0.1) is 0 Å². The molecule has 0 saturated carbocycles. The third kappa shape index (κ3) is 4.14. The van der Waals surface area contributed by atoms with Crippen molar-refractivity contribution in [2.24, 2.45) is 0 Å². The molecule has 0 atom stereocenters. The number of aromatic nitrogens is 2. The predicted molar refractivity (Wildman–Crippen MR) is 67.4 cm³/mol. The lowest BCUT2D eigenvalue weighted by molar-refractivity contribution is 0.263. The van der Waals surface area contributed by atoms with Gasteiger partial charge in [0.15, 0.2) is 0 Å². The van der Waals surface area contributed by atoms with Crippen molar-refractivity contribution in [2.75, 3.05) is 25.5 Å². The van der Waals surface area contributed by atoms with Crippen molar-refractivity contribution in [1.29, 1.82) is 0 Å². The van der Waals surface area contributed by atoms with Gasteiger partial charge in [-0.25, -0.2) is 4.98 Å². The molecule has 16 heavy (non-hydrogen) atoms. The summed E-state index contributed by atoms with van der Waals surface area (Å²) < 4.78 is 0. The predicted octanol–water partition coefficient (Wildman–Crippen LogP) is 2.14. The Morgan fingerprint density at radius 1 is 1.12 bits per heavy atom. The zero-order valence-corrected chi connectivity index (χ0v) is 10.5. The summed E-state index contributed by atoms with van der Waals surface area (Å²) in [7, 11) is 1.85. The second kappa shape index (κ2) is 7.17. The van der Waals surface area contributed by atoms with Gasteiger partial charge in [-0.15, -0.1) is 0 Å². The summed E-state index contributed by atoms with van der Waals surface area (Å²) in [5.41, 5.74) is 1.04. The Labute approximate surface area is 98.1 Å². The van der Waals surface area contributed by atoms with Gasteiger partial charge in [0, 0.05) is 13.6 Å². The van der Waals surface area contributed by atoms with Gasteiger partial charge in [0.2, 0.25) is 0 Å². The molecule has 1 heterocycles. The molecule has 0 unspecified atom stereocenters. The van der Waals surface area contributed by atoms with E-state index in [-0.39, 0.29) is 0 Å². The first-order valence-corrected chi connectivity index (χ1v) is 6.01. The molecule has 90 valence electrons. The number of nitrogens with one attached hydrogen (secondary N) is 1. The summed E-state index contributed by atoms with van der Waals surface area (Å²) in [6.07, 6.45) is 6.00. The van der Waals surface area contributed by atoms with E-state index in [1.807, 2.05) is 13.2 Å². The monoisotopic (exact) mass is 222 g/mol. The summed E-state index contributed by atoms with van der Waals surface area (Å²) in [5.74, 6) is 0.821. The van der Waals surface area contributed by atoms with Gasteiger partial charge in [0.1, 0.15) is 5.82 Å². The average Bonchev–Trinajstić information content (AvgIpc) is 2.31. The minimum absolute atomic E-state index is 0.821. The van der Waals surface area contributed by atoms with Gasteiger partial charge in [-0.05, 0) is 25.9 Å². The van der Waals surface area contributed by atoms with Gasteiger partial charge in [0.05, 0.1) is 18.1 Å². The fourth-order valence-corrected chi connectivity index (χ4v) is 1.70. The Bertz CT molecular complexity index is 278. The van der Waals surface area contributed by atoms with Crippen molar-refractivity contribution >= 4 is 5.82 Å². The van der Waals surface area contributed by atoms with Crippen LogP contribution in [0.2, 0.25) is 0 Å². The Morgan fingerprint density at radius 2 is 1.81 bits per heavy atom. The lowest BCUT2D eigenvalue weighted by Gasteiger charge is -2.20. The van der Waals surface area contributed by atoms with Crippen LogP contribution in [0.25, 0.3) is 0 Å². The van der Waals surface area contributed by atoms with Gasteiger partial charge in [0.25, 0.3) is 0 Å². The van der Waals surface area contributed by atoms with E-state index in [0.717, 1.165) is 31.1 Å². The van der Waals surface area contributed by atoms with E-state index >= 15 is 0 Å². The Morgan fingerprint density at radius 3 is 2.25 bits per heavy atom. The Balaban J connectivity index is 2.54. The number of hydrogen-bond acceptors (Lipinski definition) is 4. The van der Waals surface area contributed by atoms with E-state index in [1.165, 1.54) is 12.8 Å². The highest BCUT2D eigenvalue weighted by Gasteiger charge is 2.05. The standard InChI is InChI=1S/C12H22N4/c1-4-6-16(7-5-2)10-11-8-15-12(13-3)9-14-11/h8-9H,4-7,10H2,1-3H3,(H,13,15). The molecular weight excluding hydrogens is 200 g/mol. The highest BCUT2D eigenvalue weighted by molar-refractivity contribution is 5.29. The van der Waals surface area contributed by atoms with E-state index in [9.17, 15) is 0 Å². The molecule has 0 aromatic carbocycles. The van der Waals surface area contributed by atoms with Crippen LogP contribution >= 0.6 is 0 Å². The molecule has 4 nitrogen and oxygen atoms in total. The maximum atomic E-state index is 4.39. The summed E-state index contributed by atoms with van der Waals surface area (Å²) in [4.78, 5) is 11.1. The van der Waals surface area contributed by atoms with Crippen LogP contribution < -0.4 is 5.32 Å². The zero-order valence-electron chi connectivity index (χ0n) is 10.5. The maximum absolute atomic E-state index is 4.39. The van der Waals surface area contributed by atoms with Gasteiger partial charge in [-0.2, -0.15) is 0 Å². The highest BCUT2D eigenvalue weighted by atomic mass is 15.1. The molecule has 0 amide bonds. The average molecular weight is 222 g/mol. The van der Waals surface area contributed by atoms with Gasteiger partial charge >= 0.3 is 0 Å². The van der Waals surface area contributed by atoms with E-state index in [1.54, 1.807) is 6.20 Å². The normalized spacial score (nSPS) is 10.8. The number of nitrogens with zero attached hydrogens (tertiary/aromatic N) is 3. The van der Waals surface area contributed by atoms with Crippen LogP contribution in [0.5, 0.6) is 0 Å². The van der Waals surface area contributed by atoms with Crippen LogP contribution in [-0.4, -0.2) is 35.0 Å². The highest BCUT2D eigenvalue weighted by Crippen LogP contribution is 2.04. The number of anilines is 1. The molecule has 1 N–H and O–H groups in total. The third-order valence-electron chi connectivity index (χ3n) is 2.43. The van der Waals surface area contributed by atoms with Crippen LogP contribution in [0.15, 0.2) is 12.4 Å². The summed E-state index contributed by atoms with van der Waals surface area (Å²) >= 11 is 0. The van der Waals surface area contributed by atoms with Crippen molar-refractivity contribution in [3.8, 4) is 0 Å². The van der Waals surface area contributed by atoms with Crippen LogP contribution in [0.4, 0.5) is 5.82 Å². The van der Waals surface area contributed by atoms with Crippen LogP contribution in [0.1, 0.15) is 32.4 Å². The van der Waals surface area contributed by atoms with Gasteiger partial charge in [-0.3, -0.25) is 9.88 Å². The minimum Gasteiger partial charge on any atom is -0.372 e. The first-order valence-electron chi connectivity index (χ1n) is 6.01. The third-order valence-corrected chi connectivity index (χ3v) is 2.43. The van der Waals surface area contributed by atoms with E-state index < -0.39 is 0 Å². The molecule has 4 heteroatoms. The number of rotatable bonds is 7. The summed E-state index contributed by atoms with van der Waals surface area (Å²) in [5, 5.41) is 2.97. The lowest BCUT2D eigenvalue weighted by atomic mass is 10.3. The van der Waals surface area contributed by atoms with Gasteiger partial charge in [-0.1, -0.05) is 13.8 Å². The van der Waals surface area contributed by atoms with E-state index in [0.29, 0.717) is 0 Å². The smallest absolute Gasteiger partial charge is 0.144 e. The summed E-state index contributed by atoms with van der Waals surface area (Å²) in [6, 6.07) is 0. The molecule has 0 radical (unpaired) electrons. The maximum Gasteiger partial charge on any atom is 0.144 e. The largest absolute Gasteiger partial charge is 0.372 e. The van der Waals surface area contributed by atoms with E-state index in [4.69, 9.17) is 0 Å². The number of hydrogen-bond donors (Lipinski definition) is 1. The molecule has 0 aliphatic carbocycles. The molecule has 0 aliphatic heterocycles. The van der Waals surface area contributed by atoms with Crippen molar-refractivity contribution < 1.29 is 0 Å². The van der Waals surface area contributed by atoms with Crippen molar-refractivity contribution in [1.82, 2.24) is 14.9 Å². The molecule has 1 rings (SSSR count). The molecular formula is C12H22N4. The van der Waals surface area contributed by atoms with Crippen LogP contribution in [-0.2, 0) is 6.54 Å². The molecule has 1 aromatic heterocycles. The molecule has 0 bridgehead atoms. The van der Waals surface area contributed by atoms with Crippen LogP contribution in [0.3, 0.4) is 0 Å². The van der Waals surface area contributed by atoms with Crippen molar-refractivity contribution in [3.63, 3.8) is 0 Å². The second-order valence-electron chi connectivity index (χ2n) is 3.92. The molecule has 0 fully saturated rings. The lowest BCUT2D eigenvalue weighted by Crippen LogP contribution is -2.25. The Hall–Kier alpha value is -1.16. The molecule has 0 saturated heterocycles. The van der Waals surface area contributed by atoms with E-state index in [2.05, 4.69) is 34.0 Å². The SMILES string of the molecule is CCCN(CCC)Cc1cnc(NC)cn1. The fourth-order valence-electron chi connectivity index (χ4n) is 1.70. The first-order chi connectivity index (χ1) is 7.80. The summed E-state index contributed by atoms with van der Waals surface area (Å²) in [6.45, 7) is 7.57. The quantitative estimate of drug-likeness (QED) is 0.767. The Kier molecular flexibility index (Phi) is 5.78. The van der Waals surface area contributed by atoms with Crippen molar-refractivity contribution in [2.45, 2.75) is 33.2 Å². The van der Waals surface area contributed by atoms with Crippen molar-refractivity contribution in [3.05, 3.63) is 18.1 Å². The zero-order chi connectivity index (χ0) is 11.8. The molecule has 1 aromatic rings. The fraction of sp³-hybridized carbons (Fsp3) is 0.667. The minimum atomic E-state index is 0.821. The first kappa shape index (κ1) is 12.9. The second-order valence-corrected chi connectivity index (χ2v) is 3.92. The topological polar surface area (TPSA) is 41.1 Å². The molecule has 0 spiro atoms.